The van der Waals surface area contributed by atoms with Crippen molar-refractivity contribution in [3.05, 3.63) is 0 Å². The summed E-state index contributed by atoms with van der Waals surface area (Å²) in [6.07, 6.45) is 14.7. The summed E-state index contributed by atoms with van der Waals surface area (Å²) in [6, 6.07) is 0. The number of ether oxygens (including phenoxy) is 1. The summed E-state index contributed by atoms with van der Waals surface area (Å²) < 4.78 is 6.35. The predicted octanol–water partition coefficient (Wildman–Crippen LogP) is 3.60. The molecule has 0 aromatic heterocycles. The van der Waals surface area contributed by atoms with Crippen molar-refractivity contribution in [3.8, 4) is 0 Å². The maximum Gasteiger partial charge on any atom is 0.0708 e. The Morgan fingerprint density at radius 2 is 2.00 bits per heavy atom. The van der Waals surface area contributed by atoms with E-state index in [0.29, 0.717) is 11.7 Å². The van der Waals surface area contributed by atoms with Crippen LogP contribution in [0.3, 0.4) is 0 Å². The summed E-state index contributed by atoms with van der Waals surface area (Å²) in [5.41, 5.74) is 0.295. The Morgan fingerprint density at radius 3 is 2.78 bits per heavy atom. The second-order valence-corrected chi connectivity index (χ2v) is 6.91. The Bertz CT molecular complexity index is 229. The van der Waals surface area contributed by atoms with Gasteiger partial charge in [-0.25, -0.2) is 0 Å². The van der Waals surface area contributed by atoms with E-state index in [1.54, 1.807) is 0 Å². The lowest BCUT2D eigenvalue weighted by atomic mass is 9.83. The molecule has 3 heteroatoms. The zero-order chi connectivity index (χ0) is 12.7. The van der Waals surface area contributed by atoms with E-state index < -0.39 is 0 Å². The second kappa shape index (κ2) is 7.76. The van der Waals surface area contributed by atoms with Gasteiger partial charge in [0.2, 0.25) is 0 Å². The van der Waals surface area contributed by atoms with Crippen LogP contribution in [-0.4, -0.2) is 36.8 Å². The van der Waals surface area contributed by atoms with Crippen LogP contribution in [0.15, 0.2) is 0 Å². The van der Waals surface area contributed by atoms with Crippen LogP contribution in [0.2, 0.25) is 0 Å². The summed E-state index contributed by atoms with van der Waals surface area (Å²) in [4.78, 5) is 0. The molecule has 1 spiro atoms. The molecule has 0 aromatic carbocycles. The van der Waals surface area contributed by atoms with Gasteiger partial charge in [0, 0.05) is 6.54 Å². The molecule has 1 aliphatic heterocycles. The molecule has 0 amide bonds. The number of thioether (sulfide) groups is 1. The Labute approximate surface area is 117 Å². The minimum Gasteiger partial charge on any atom is -0.370 e. The van der Waals surface area contributed by atoms with Gasteiger partial charge in [-0.2, -0.15) is 11.8 Å². The van der Waals surface area contributed by atoms with Crippen LogP contribution >= 0.6 is 11.8 Å². The molecule has 1 saturated heterocycles. The van der Waals surface area contributed by atoms with E-state index in [-0.39, 0.29) is 0 Å². The molecule has 2 rings (SSSR count). The van der Waals surface area contributed by atoms with Gasteiger partial charge in [0.25, 0.3) is 0 Å². The van der Waals surface area contributed by atoms with Crippen LogP contribution in [0.4, 0.5) is 0 Å². The van der Waals surface area contributed by atoms with Crippen molar-refractivity contribution in [3.63, 3.8) is 0 Å². The largest absolute Gasteiger partial charge is 0.370 e. The normalized spacial score (nSPS) is 26.8. The third-order valence-corrected chi connectivity index (χ3v) is 5.12. The molecule has 1 aliphatic carbocycles. The average molecular weight is 271 g/mol. The third kappa shape index (κ3) is 4.43. The average Bonchev–Trinajstić information content (AvgIpc) is 2.78. The Hall–Kier alpha value is 0.270. The number of hydrogen-bond donors (Lipinski definition) is 1. The molecule has 2 fully saturated rings. The van der Waals surface area contributed by atoms with Crippen molar-refractivity contribution in [1.29, 1.82) is 0 Å². The predicted molar refractivity (Wildman–Crippen MR) is 80.4 cm³/mol. The first-order chi connectivity index (χ1) is 8.85. The van der Waals surface area contributed by atoms with Crippen molar-refractivity contribution >= 4 is 11.8 Å². The summed E-state index contributed by atoms with van der Waals surface area (Å²) in [5.74, 6) is 1.30. The van der Waals surface area contributed by atoms with Crippen LogP contribution < -0.4 is 5.32 Å². The highest BCUT2D eigenvalue weighted by atomic mass is 32.2. The lowest BCUT2D eigenvalue weighted by Gasteiger charge is -2.33. The van der Waals surface area contributed by atoms with E-state index in [2.05, 4.69) is 11.6 Å². The van der Waals surface area contributed by atoms with Crippen molar-refractivity contribution in [2.24, 2.45) is 0 Å². The van der Waals surface area contributed by atoms with Crippen LogP contribution in [0.1, 0.15) is 57.8 Å². The zero-order valence-corrected chi connectivity index (χ0v) is 12.7. The lowest BCUT2D eigenvalue weighted by Crippen LogP contribution is -2.34. The zero-order valence-electron chi connectivity index (χ0n) is 11.9. The number of hydrogen-bond acceptors (Lipinski definition) is 3. The Kier molecular flexibility index (Phi) is 6.33. The molecule has 2 aliphatic rings. The monoisotopic (exact) mass is 271 g/mol. The van der Waals surface area contributed by atoms with Gasteiger partial charge in [-0.1, -0.05) is 19.3 Å². The van der Waals surface area contributed by atoms with E-state index in [4.69, 9.17) is 4.74 Å². The minimum atomic E-state index is 0.295. The molecule has 0 radical (unpaired) electrons. The molecule has 2 nitrogen and oxygen atoms in total. The molecular formula is C15H29NOS. The van der Waals surface area contributed by atoms with E-state index >= 15 is 0 Å². The number of rotatable bonds is 7. The standard InChI is InChI=1S/C15H29NOS/c1-18-12-6-5-11-16-13-14-7-10-15(17-14)8-3-2-4-9-15/h14,16H,2-13H2,1H3. The van der Waals surface area contributed by atoms with Gasteiger partial charge in [-0.05, 0) is 57.1 Å². The Balaban J connectivity index is 1.55. The lowest BCUT2D eigenvalue weighted by molar-refractivity contribution is -0.0622. The molecule has 0 aromatic rings. The fourth-order valence-corrected chi connectivity index (χ4v) is 3.86. The van der Waals surface area contributed by atoms with E-state index in [1.807, 2.05) is 11.8 Å². The highest BCUT2D eigenvalue weighted by Gasteiger charge is 2.40. The minimum absolute atomic E-state index is 0.295. The first-order valence-electron chi connectivity index (χ1n) is 7.72. The molecule has 106 valence electrons. The molecule has 1 atom stereocenters. The molecule has 1 unspecified atom stereocenters. The van der Waals surface area contributed by atoms with Crippen molar-refractivity contribution in [1.82, 2.24) is 5.32 Å². The van der Waals surface area contributed by atoms with E-state index in [0.717, 1.165) is 13.1 Å². The summed E-state index contributed by atoms with van der Waals surface area (Å²) in [5, 5.41) is 3.57. The van der Waals surface area contributed by atoms with E-state index in [9.17, 15) is 0 Å². The van der Waals surface area contributed by atoms with Crippen LogP contribution in [0.25, 0.3) is 0 Å². The smallest absolute Gasteiger partial charge is 0.0708 e. The number of unbranched alkanes of at least 4 members (excludes halogenated alkanes) is 1. The van der Waals surface area contributed by atoms with Gasteiger partial charge >= 0.3 is 0 Å². The van der Waals surface area contributed by atoms with Gasteiger partial charge < -0.3 is 10.1 Å². The fourth-order valence-electron chi connectivity index (χ4n) is 3.36. The second-order valence-electron chi connectivity index (χ2n) is 5.93. The van der Waals surface area contributed by atoms with Gasteiger partial charge in [0.15, 0.2) is 0 Å². The first-order valence-corrected chi connectivity index (χ1v) is 9.11. The molecule has 0 bridgehead atoms. The van der Waals surface area contributed by atoms with Crippen molar-refractivity contribution in [2.75, 3.05) is 25.1 Å². The highest BCUT2D eigenvalue weighted by Crippen LogP contribution is 2.41. The van der Waals surface area contributed by atoms with Gasteiger partial charge in [0.1, 0.15) is 0 Å². The molecule has 1 saturated carbocycles. The maximum atomic E-state index is 6.35. The molecular weight excluding hydrogens is 242 g/mol. The first kappa shape index (κ1) is 14.7. The quantitative estimate of drug-likeness (QED) is 0.715. The topological polar surface area (TPSA) is 21.3 Å². The van der Waals surface area contributed by atoms with Crippen LogP contribution in [0, 0.1) is 0 Å². The van der Waals surface area contributed by atoms with Crippen molar-refractivity contribution < 1.29 is 4.74 Å². The highest BCUT2D eigenvalue weighted by molar-refractivity contribution is 7.98. The molecule has 18 heavy (non-hydrogen) atoms. The summed E-state index contributed by atoms with van der Waals surface area (Å²) in [7, 11) is 0. The summed E-state index contributed by atoms with van der Waals surface area (Å²) >= 11 is 1.95. The van der Waals surface area contributed by atoms with Crippen LogP contribution in [0.5, 0.6) is 0 Å². The SMILES string of the molecule is CSCCCCNCC1CCC2(CCCCC2)O1. The summed E-state index contributed by atoms with van der Waals surface area (Å²) in [6.45, 7) is 2.23. The van der Waals surface area contributed by atoms with E-state index in [1.165, 1.54) is 63.5 Å². The van der Waals surface area contributed by atoms with Crippen molar-refractivity contribution in [2.45, 2.75) is 69.5 Å². The van der Waals surface area contributed by atoms with Gasteiger partial charge in [-0.3, -0.25) is 0 Å². The maximum absolute atomic E-state index is 6.35. The number of nitrogens with one attached hydrogen (secondary N) is 1. The van der Waals surface area contributed by atoms with Crippen LogP contribution in [-0.2, 0) is 4.74 Å². The Morgan fingerprint density at radius 1 is 1.17 bits per heavy atom. The molecule has 1 N–H and O–H groups in total. The third-order valence-electron chi connectivity index (χ3n) is 4.43. The molecule has 1 heterocycles. The van der Waals surface area contributed by atoms with Gasteiger partial charge in [0.05, 0.1) is 11.7 Å². The fraction of sp³-hybridized carbons (Fsp3) is 1.00. The van der Waals surface area contributed by atoms with Gasteiger partial charge in [-0.15, -0.1) is 0 Å².